The SMILES string of the molecule is c1ccc2c(c1)Cc1ccccc1C2NC1CCC1. The van der Waals surface area contributed by atoms with Gasteiger partial charge in [-0.3, -0.25) is 0 Å². The van der Waals surface area contributed by atoms with E-state index in [1.165, 1.54) is 41.5 Å². The van der Waals surface area contributed by atoms with E-state index >= 15 is 0 Å². The number of nitrogens with one attached hydrogen (secondary N) is 1. The highest BCUT2D eigenvalue weighted by atomic mass is 15.0. The molecule has 0 spiro atoms. The standard InChI is InChI=1S/C18H19N/c1-3-10-16-13(6-1)12-14-7-2-4-11-17(14)18(16)19-15-8-5-9-15/h1-4,6-7,10-11,15,18-19H,5,8-9,12H2. The molecule has 1 saturated carbocycles. The topological polar surface area (TPSA) is 12.0 Å². The van der Waals surface area contributed by atoms with Crippen LogP contribution in [0.3, 0.4) is 0 Å². The molecule has 4 rings (SSSR count). The molecular weight excluding hydrogens is 230 g/mol. The van der Waals surface area contributed by atoms with E-state index in [1.54, 1.807) is 0 Å². The van der Waals surface area contributed by atoms with Crippen molar-refractivity contribution < 1.29 is 0 Å². The lowest BCUT2D eigenvalue weighted by atomic mass is 9.81. The third-order valence-electron chi connectivity index (χ3n) is 4.62. The van der Waals surface area contributed by atoms with Crippen LogP contribution in [0.1, 0.15) is 47.6 Å². The van der Waals surface area contributed by atoms with Gasteiger partial charge in [0, 0.05) is 6.04 Å². The molecule has 1 fully saturated rings. The van der Waals surface area contributed by atoms with Crippen LogP contribution in [-0.2, 0) is 6.42 Å². The smallest absolute Gasteiger partial charge is 0.0584 e. The van der Waals surface area contributed by atoms with E-state index in [1.807, 2.05) is 0 Å². The van der Waals surface area contributed by atoms with Gasteiger partial charge < -0.3 is 5.32 Å². The van der Waals surface area contributed by atoms with Crippen molar-refractivity contribution in [1.82, 2.24) is 5.32 Å². The van der Waals surface area contributed by atoms with Gasteiger partial charge in [-0.15, -0.1) is 0 Å². The predicted octanol–water partition coefficient (Wildman–Crippen LogP) is 3.82. The van der Waals surface area contributed by atoms with E-state index in [0.29, 0.717) is 12.1 Å². The van der Waals surface area contributed by atoms with Crippen LogP contribution in [-0.4, -0.2) is 6.04 Å². The van der Waals surface area contributed by atoms with E-state index < -0.39 is 0 Å². The lowest BCUT2D eigenvalue weighted by Crippen LogP contribution is -2.39. The summed E-state index contributed by atoms with van der Waals surface area (Å²) < 4.78 is 0. The first-order valence-electron chi connectivity index (χ1n) is 7.33. The van der Waals surface area contributed by atoms with Crippen molar-refractivity contribution >= 4 is 0 Å². The summed E-state index contributed by atoms with van der Waals surface area (Å²) in [6.45, 7) is 0. The number of rotatable bonds is 2. The Morgan fingerprint density at radius 2 is 1.37 bits per heavy atom. The van der Waals surface area contributed by atoms with Crippen LogP contribution in [0.2, 0.25) is 0 Å². The van der Waals surface area contributed by atoms with Gasteiger partial charge in [0.05, 0.1) is 6.04 Å². The van der Waals surface area contributed by atoms with Crippen molar-refractivity contribution in [3.05, 3.63) is 70.8 Å². The maximum atomic E-state index is 3.87. The van der Waals surface area contributed by atoms with Gasteiger partial charge in [-0.2, -0.15) is 0 Å². The van der Waals surface area contributed by atoms with E-state index in [9.17, 15) is 0 Å². The Hall–Kier alpha value is -1.60. The second kappa shape index (κ2) is 4.50. The molecule has 0 aromatic heterocycles. The van der Waals surface area contributed by atoms with Crippen LogP contribution < -0.4 is 5.32 Å². The Kier molecular flexibility index (Phi) is 2.66. The summed E-state index contributed by atoms with van der Waals surface area (Å²) in [6, 6.07) is 18.9. The molecule has 0 atom stereocenters. The molecule has 0 bridgehead atoms. The van der Waals surface area contributed by atoms with Crippen molar-refractivity contribution in [1.29, 1.82) is 0 Å². The first-order chi connectivity index (χ1) is 9.42. The monoisotopic (exact) mass is 249 g/mol. The second-order valence-electron chi connectivity index (χ2n) is 5.80. The number of hydrogen-bond donors (Lipinski definition) is 1. The fraction of sp³-hybridized carbons (Fsp3) is 0.333. The van der Waals surface area contributed by atoms with Crippen molar-refractivity contribution in [2.24, 2.45) is 0 Å². The Morgan fingerprint density at radius 3 is 1.89 bits per heavy atom. The van der Waals surface area contributed by atoms with Crippen LogP contribution in [0, 0.1) is 0 Å². The molecule has 2 aliphatic carbocycles. The largest absolute Gasteiger partial charge is 0.303 e. The molecule has 2 aromatic rings. The van der Waals surface area contributed by atoms with Gasteiger partial charge in [0.25, 0.3) is 0 Å². The van der Waals surface area contributed by atoms with Gasteiger partial charge >= 0.3 is 0 Å². The van der Waals surface area contributed by atoms with Crippen LogP contribution >= 0.6 is 0 Å². The Labute approximate surface area is 114 Å². The summed E-state index contributed by atoms with van der Waals surface area (Å²) in [6.07, 6.45) is 5.13. The van der Waals surface area contributed by atoms with E-state index in [-0.39, 0.29) is 0 Å². The maximum absolute atomic E-state index is 3.87. The minimum atomic E-state index is 0.395. The molecule has 2 aromatic carbocycles. The molecule has 0 heterocycles. The fourth-order valence-electron chi connectivity index (χ4n) is 3.32. The summed E-state index contributed by atoms with van der Waals surface area (Å²) in [7, 11) is 0. The Morgan fingerprint density at radius 1 is 0.789 bits per heavy atom. The number of fused-ring (bicyclic) bond motifs is 2. The predicted molar refractivity (Wildman–Crippen MR) is 78.3 cm³/mol. The summed E-state index contributed by atoms with van der Waals surface area (Å²) in [5, 5.41) is 3.87. The first kappa shape index (κ1) is 11.2. The van der Waals surface area contributed by atoms with Crippen LogP contribution in [0.25, 0.3) is 0 Å². The molecule has 0 radical (unpaired) electrons. The van der Waals surface area contributed by atoms with Crippen molar-refractivity contribution in [3.63, 3.8) is 0 Å². The molecular formula is C18H19N. The van der Waals surface area contributed by atoms with Crippen LogP contribution in [0.15, 0.2) is 48.5 Å². The zero-order chi connectivity index (χ0) is 12.7. The summed E-state index contributed by atoms with van der Waals surface area (Å²) in [5.41, 5.74) is 5.93. The van der Waals surface area contributed by atoms with Crippen molar-refractivity contribution in [3.8, 4) is 0 Å². The average Bonchev–Trinajstić information content (AvgIpc) is 2.41. The molecule has 96 valence electrons. The summed E-state index contributed by atoms with van der Waals surface area (Å²) in [4.78, 5) is 0. The fourth-order valence-corrected chi connectivity index (χ4v) is 3.32. The average molecular weight is 249 g/mol. The molecule has 1 N–H and O–H groups in total. The molecule has 19 heavy (non-hydrogen) atoms. The van der Waals surface area contributed by atoms with Crippen LogP contribution in [0.5, 0.6) is 0 Å². The Bertz CT molecular complexity index is 553. The Balaban J connectivity index is 1.78. The second-order valence-corrected chi connectivity index (χ2v) is 5.80. The minimum Gasteiger partial charge on any atom is -0.303 e. The normalized spacial score (nSPS) is 18.5. The maximum Gasteiger partial charge on any atom is 0.0584 e. The number of hydrogen-bond acceptors (Lipinski definition) is 1. The highest BCUT2D eigenvalue weighted by Gasteiger charge is 2.28. The highest BCUT2D eigenvalue weighted by molar-refractivity contribution is 5.48. The quantitative estimate of drug-likeness (QED) is 0.853. The van der Waals surface area contributed by atoms with Crippen molar-refractivity contribution in [2.45, 2.75) is 37.8 Å². The van der Waals surface area contributed by atoms with Gasteiger partial charge in [-0.25, -0.2) is 0 Å². The highest BCUT2D eigenvalue weighted by Crippen LogP contribution is 2.36. The van der Waals surface area contributed by atoms with E-state index in [0.717, 1.165) is 6.42 Å². The lowest BCUT2D eigenvalue weighted by molar-refractivity contribution is 0.318. The third-order valence-corrected chi connectivity index (χ3v) is 4.62. The number of benzene rings is 2. The zero-order valence-electron chi connectivity index (χ0n) is 11.1. The molecule has 1 nitrogen and oxygen atoms in total. The van der Waals surface area contributed by atoms with E-state index in [4.69, 9.17) is 0 Å². The van der Waals surface area contributed by atoms with Gasteiger partial charge in [0.1, 0.15) is 0 Å². The minimum absolute atomic E-state index is 0.395. The van der Waals surface area contributed by atoms with Gasteiger partial charge in [0.15, 0.2) is 0 Å². The van der Waals surface area contributed by atoms with Gasteiger partial charge in [-0.05, 0) is 41.5 Å². The molecule has 0 aliphatic heterocycles. The van der Waals surface area contributed by atoms with Gasteiger partial charge in [-0.1, -0.05) is 55.0 Å². The van der Waals surface area contributed by atoms with E-state index in [2.05, 4.69) is 53.8 Å². The van der Waals surface area contributed by atoms with Crippen molar-refractivity contribution in [2.75, 3.05) is 0 Å². The molecule has 1 heteroatoms. The van der Waals surface area contributed by atoms with Gasteiger partial charge in [0.2, 0.25) is 0 Å². The summed E-state index contributed by atoms with van der Waals surface area (Å²) in [5.74, 6) is 0. The van der Waals surface area contributed by atoms with Crippen LogP contribution in [0.4, 0.5) is 0 Å². The third kappa shape index (κ3) is 1.89. The molecule has 0 saturated heterocycles. The summed E-state index contributed by atoms with van der Waals surface area (Å²) >= 11 is 0. The first-order valence-corrected chi connectivity index (χ1v) is 7.33. The lowest BCUT2D eigenvalue weighted by Gasteiger charge is -2.36. The zero-order valence-corrected chi connectivity index (χ0v) is 11.1. The molecule has 0 unspecified atom stereocenters. The molecule has 0 amide bonds. The molecule has 2 aliphatic rings.